The SMILES string of the molecule is C=C(C)C1=C(/C=C(\C)c2nc3ccc(C)c4c3c(c2CC)CCC4)C(CC)C(=C)OC1. The lowest BCUT2D eigenvalue weighted by Gasteiger charge is -2.30. The summed E-state index contributed by atoms with van der Waals surface area (Å²) < 4.78 is 5.89. The summed E-state index contributed by atoms with van der Waals surface area (Å²) in [6.07, 6.45) is 7.86. The van der Waals surface area contributed by atoms with E-state index in [1.807, 2.05) is 0 Å². The third kappa shape index (κ3) is 3.67. The highest BCUT2D eigenvalue weighted by Gasteiger charge is 2.26. The Morgan fingerprint density at radius 1 is 1.19 bits per heavy atom. The van der Waals surface area contributed by atoms with Gasteiger partial charge in [0.25, 0.3) is 0 Å². The Kier molecular flexibility index (Phi) is 5.92. The lowest BCUT2D eigenvalue weighted by atomic mass is 9.82. The van der Waals surface area contributed by atoms with Crippen molar-refractivity contribution in [1.29, 1.82) is 0 Å². The molecule has 31 heavy (non-hydrogen) atoms. The van der Waals surface area contributed by atoms with Crippen LogP contribution in [0.4, 0.5) is 0 Å². The maximum atomic E-state index is 5.89. The van der Waals surface area contributed by atoms with E-state index in [9.17, 15) is 0 Å². The van der Waals surface area contributed by atoms with Crippen LogP contribution in [0.2, 0.25) is 0 Å². The van der Waals surface area contributed by atoms with E-state index < -0.39 is 0 Å². The zero-order chi connectivity index (χ0) is 22.3. The van der Waals surface area contributed by atoms with Crippen LogP contribution in [0.5, 0.6) is 0 Å². The van der Waals surface area contributed by atoms with E-state index in [1.54, 1.807) is 0 Å². The molecule has 0 saturated heterocycles. The van der Waals surface area contributed by atoms with E-state index in [4.69, 9.17) is 9.72 Å². The van der Waals surface area contributed by atoms with Crippen LogP contribution >= 0.6 is 0 Å². The van der Waals surface area contributed by atoms with E-state index >= 15 is 0 Å². The average molecular weight is 414 g/mol. The molecule has 1 aliphatic heterocycles. The highest BCUT2D eigenvalue weighted by molar-refractivity contribution is 5.91. The first kappa shape index (κ1) is 21.6. The number of aryl methyl sites for hydroxylation is 3. The van der Waals surface area contributed by atoms with E-state index in [0.717, 1.165) is 41.8 Å². The van der Waals surface area contributed by atoms with Gasteiger partial charge in [-0.05, 0) is 97.9 Å². The van der Waals surface area contributed by atoms with Crippen LogP contribution in [0, 0.1) is 12.8 Å². The van der Waals surface area contributed by atoms with Crippen LogP contribution < -0.4 is 0 Å². The Morgan fingerprint density at radius 3 is 2.61 bits per heavy atom. The molecule has 2 aliphatic rings. The Bertz CT molecular complexity index is 1150. The fourth-order valence-corrected chi connectivity index (χ4v) is 5.44. The van der Waals surface area contributed by atoms with Crippen molar-refractivity contribution in [3.05, 3.63) is 81.8 Å². The quantitative estimate of drug-likeness (QED) is 0.508. The first-order valence-corrected chi connectivity index (χ1v) is 11.7. The largest absolute Gasteiger partial charge is 0.493 e. The minimum atomic E-state index is 0.202. The number of benzene rings is 1. The predicted molar refractivity (Wildman–Crippen MR) is 132 cm³/mol. The van der Waals surface area contributed by atoms with Gasteiger partial charge in [0.15, 0.2) is 0 Å². The van der Waals surface area contributed by atoms with Gasteiger partial charge in [-0.1, -0.05) is 44.7 Å². The Balaban J connectivity index is 1.94. The molecule has 0 bridgehead atoms. The van der Waals surface area contributed by atoms with Gasteiger partial charge in [0, 0.05) is 11.3 Å². The number of allylic oxidation sites excluding steroid dienone is 3. The molecule has 1 atom stereocenters. The lowest BCUT2D eigenvalue weighted by Crippen LogP contribution is -2.19. The molecule has 0 saturated carbocycles. The van der Waals surface area contributed by atoms with Gasteiger partial charge in [-0.15, -0.1) is 0 Å². The van der Waals surface area contributed by atoms with Crippen molar-refractivity contribution >= 4 is 16.5 Å². The number of ether oxygens (including phenoxy) is 1. The maximum absolute atomic E-state index is 5.89. The van der Waals surface area contributed by atoms with Crippen LogP contribution in [-0.4, -0.2) is 11.6 Å². The topological polar surface area (TPSA) is 22.1 Å². The normalized spacial score (nSPS) is 19.1. The first-order valence-electron chi connectivity index (χ1n) is 11.7. The highest BCUT2D eigenvalue weighted by atomic mass is 16.5. The summed E-state index contributed by atoms with van der Waals surface area (Å²) in [5.41, 5.74) is 13.0. The molecule has 1 aromatic heterocycles. The summed E-state index contributed by atoms with van der Waals surface area (Å²) in [5.74, 6) is 1.07. The second-order valence-corrected chi connectivity index (χ2v) is 9.14. The van der Waals surface area contributed by atoms with Crippen LogP contribution in [0.3, 0.4) is 0 Å². The predicted octanol–water partition coefficient (Wildman–Crippen LogP) is 7.44. The van der Waals surface area contributed by atoms with E-state index in [-0.39, 0.29) is 5.92 Å². The fraction of sp³-hybridized carbons (Fsp3) is 0.414. The van der Waals surface area contributed by atoms with Gasteiger partial charge in [0.2, 0.25) is 0 Å². The second kappa shape index (κ2) is 8.49. The maximum Gasteiger partial charge on any atom is 0.113 e. The smallest absolute Gasteiger partial charge is 0.113 e. The third-order valence-corrected chi connectivity index (χ3v) is 7.10. The molecular weight excluding hydrogens is 378 g/mol. The molecule has 0 spiro atoms. The van der Waals surface area contributed by atoms with Crippen LogP contribution in [-0.2, 0) is 24.0 Å². The van der Waals surface area contributed by atoms with Gasteiger partial charge in [-0.2, -0.15) is 0 Å². The second-order valence-electron chi connectivity index (χ2n) is 9.14. The molecule has 1 aromatic carbocycles. The number of nitrogens with zero attached hydrogens (tertiary/aromatic N) is 1. The van der Waals surface area contributed by atoms with Crippen molar-refractivity contribution in [2.24, 2.45) is 5.92 Å². The van der Waals surface area contributed by atoms with Crippen molar-refractivity contribution in [3.63, 3.8) is 0 Å². The molecule has 2 heterocycles. The Hall–Kier alpha value is -2.61. The Labute approximate surface area is 187 Å². The lowest BCUT2D eigenvalue weighted by molar-refractivity contribution is 0.195. The van der Waals surface area contributed by atoms with Crippen LogP contribution in [0.15, 0.2) is 53.8 Å². The van der Waals surface area contributed by atoms with Crippen molar-refractivity contribution in [3.8, 4) is 0 Å². The van der Waals surface area contributed by atoms with Crippen LogP contribution in [0.25, 0.3) is 16.5 Å². The summed E-state index contributed by atoms with van der Waals surface area (Å²) >= 11 is 0. The third-order valence-electron chi connectivity index (χ3n) is 7.10. The number of aromatic nitrogens is 1. The summed E-state index contributed by atoms with van der Waals surface area (Å²) in [4.78, 5) is 5.23. The van der Waals surface area contributed by atoms with Crippen molar-refractivity contribution in [2.75, 3.05) is 6.61 Å². The average Bonchev–Trinajstić information content (AvgIpc) is 2.75. The van der Waals surface area contributed by atoms with Crippen LogP contribution in [0.1, 0.15) is 68.5 Å². The van der Waals surface area contributed by atoms with Gasteiger partial charge in [0.1, 0.15) is 6.61 Å². The van der Waals surface area contributed by atoms with Gasteiger partial charge in [-0.25, -0.2) is 4.98 Å². The Morgan fingerprint density at radius 2 is 1.94 bits per heavy atom. The molecule has 1 unspecified atom stereocenters. The molecule has 0 amide bonds. The van der Waals surface area contributed by atoms with E-state index in [1.165, 1.54) is 57.2 Å². The summed E-state index contributed by atoms with van der Waals surface area (Å²) in [7, 11) is 0. The molecule has 0 fully saturated rings. The summed E-state index contributed by atoms with van der Waals surface area (Å²) in [5, 5.41) is 1.42. The molecule has 162 valence electrons. The number of rotatable bonds is 5. The first-order chi connectivity index (χ1) is 14.9. The summed E-state index contributed by atoms with van der Waals surface area (Å²) in [6.45, 7) is 20.0. The van der Waals surface area contributed by atoms with E-state index in [2.05, 4.69) is 66.0 Å². The highest BCUT2D eigenvalue weighted by Crippen LogP contribution is 2.39. The minimum Gasteiger partial charge on any atom is -0.493 e. The molecule has 2 aromatic rings. The molecule has 1 aliphatic carbocycles. The minimum absolute atomic E-state index is 0.202. The number of pyridine rings is 1. The monoisotopic (exact) mass is 413 g/mol. The molecule has 0 radical (unpaired) electrons. The molecule has 0 N–H and O–H groups in total. The van der Waals surface area contributed by atoms with Gasteiger partial charge >= 0.3 is 0 Å². The molecule has 4 rings (SSSR count). The van der Waals surface area contributed by atoms with Gasteiger partial charge in [-0.3, -0.25) is 0 Å². The van der Waals surface area contributed by atoms with E-state index in [0.29, 0.717) is 6.61 Å². The number of hydrogen-bond donors (Lipinski definition) is 0. The zero-order valence-electron chi connectivity index (χ0n) is 19.8. The van der Waals surface area contributed by atoms with Crippen molar-refractivity contribution < 1.29 is 4.74 Å². The van der Waals surface area contributed by atoms with Crippen molar-refractivity contribution in [1.82, 2.24) is 4.98 Å². The zero-order valence-corrected chi connectivity index (χ0v) is 19.8. The van der Waals surface area contributed by atoms with Gasteiger partial charge in [0.05, 0.1) is 17.0 Å². The van der Waals surface area contributed by atoms with Gasteiger partial charge < -0.3 is 4.74 Å². The summed E-state index contributed by atoms with van der Waals surface area (Å²) in [6, 6.07) is 4.45. The van der Waals surface area contributed by atoms with Crippen molar-refractivity contribution in [2.45, 2.75) is 66.7 Å². The standard InChI is InChI=1S/C29H35NO/c1-8-21-20(7)31-16-26(17(3)4)25(21)15-19(6)29-22(9-2)24-12-10-11-23-18(5)13-14-27(30-29)28(23)24/h13-15,21H,3,7-12,16H2,1-2,4-6H3/b19-15+. The molecular formula is C29H35NO. The molecule has 2 nitrogen and oxygen atoms in total. The fourth-order valence-electron chi connectivity index (χ4n) is 5.44. The number of hydrogen-bond acceptors (Lipinski definition) is 2. The molecule has 2 heteroatoms.